The Labute approximate surface area is 147 Å². The van der Waals surface area contributed by atoms with Gasteiger partial charge in [-0.15, -0.1) is 0 Å². The normalized spacial score (nSPS) is 21.5. The number of benzene rings is 1. The number of nitrogens with one attached hydrogen (secondary N) is 1. The number of ether oxygens (including phenoxy) is 1. The summed E-state index contributed by atoms with van der Waals surface area (Å²) >= 11 is 0. The van der Waals surface area contributed by atoms with Crippen LogP contribution < -0.4 is 4.74 Å². The molecule has 4 rings (SSSR count). The van der Waals surface area contributed by atoms with Crippen LogP contribution >= 0.6 is 0 Å². The summed E-state index contributed by atoms with van der Waals surface area (Å²) in [5.74, 6) is 1.03. The van der Waals surface area contributed by atoms with E-state index >= 15 is 0 Å². The van der Waals surface area contributed by atoms with Crippen molar-refractivity contribution in [3.05, 3.63) is 52.8 Å². The summed E-state index contributed by atoms with van der Waals surface area (Å²) in [7, 11) is 1.65. The SMILES string of the molecule is COc1ccc(C2=NOC(c3cc4c([nH]3)CC(C)(C)CC4=O)C2)cc1. The number of hydrogen-bond acceptors (Lipinski definition) is 4. The van der Waals surface area contributed by atoms with Crippen molar-refractivity contribution < 1.29 is 14.4 Å². The number of methoxy groups -OCH3 is 1. The molecule has 1 N–H and O–H groups in total. The summed E-state index contributed by atoms with van der Waals surface area (Å²) in [6.07, 6.45) is 1.99. The molecule has 1 unspecified atom stereocenters. The van der Waals surface area contributed by atoms with E-state index in [0.29, 0.717) is 12.8 Å². The smallest absolute Gasteiger partial charge is 0.172 e. The Hall–Kier alpha value is -2.56. The highest BCUT2D eigenvalue weighted by molar-refractivity contribution is 6.01. The molecule has 0 fully saturated rings. The van der Waals surface area contributed by atoms with E-state index < -0.39 is 0 Å². The molecule has 1 aliphatic heterocycles. The lowest BCUT2D eigenvalue weighted by atomic mass is 9.76. The van der Waals surface area contributed by atoms with Crippen LogP contribution in [-0.2, 0) is 11.3 Å². The minimum Gasteiger partial charge on any atom is -0.497 e. The van der Waals surface area contributed by atoms with Crippen LogP contribution in [0.3, 0.4) is 0 Å². The molecule has 0 saturated carbocycles. The number of hydrogen-bond donors (Lipinski definition) is 1. The zero-order valence-corrected chi connectivity index (χ0v) is 14.8. The fraction of sp³-hybridized carbons (Fsp3) is 0.400. The first-order valence-corrected chi connectivity index (χ1v) is 8.57. The van der Waals surface area contributed by atoms with Crippen molar-refractivity contribution in [1.82, 2.24) is 4.98 Å². The standard InChI is InChI=1S/C20H22N2O3/c1-20(2)10-17-14(18(23)11-20)8-16(21-17)19-9-15(22-25-19)12-4-6-13(24-3)7-5-12/h4-8,19,21H,9-11H2,1-3H3. The first-order chi connectivity index (χ1) is 11.9. The Bertz CT molecular complexity index is 846. The highest BCUT2D eigenvalue weighted by Crippen LogP contribution is 2.37. The van der Waals surface area contributed by atoms with Crippen LogP contribution in [0.5, 0.6) is 5.75 Å². The number of H-pyrrole nitrogens is 1. The summed E-state index contributed by atoms with van der Waals surface area (Å²) in [5, 5.41) is 4.24. The van der Waals surface area contributed by atoms with Gasteiger partial charge in [-0.25, -0.2) is 0 Å². The minimum atomic E-state index is -0.168. The second-order valence-corrected chi connectivity index (χ2v) is 7.62. The number of aromatic nitrogens is 1. The van der Waals surface area contributed by atoms with E-state index in [4.69, 9.17) is 9.57 Å². The maximum atomic E-state index is 12.4. The third-order valence-electron chi connectivity index (χ3n) is 4.95. The number of nitrogens with zero attached hydrogens (tertiary/aromatic N) is 1. The highest BCUT2D eigenvalue weighted by Gasteiger charge is 2.34. The molecule has 130 valence electrons. The molecule has 1 aliphatic carbocycles. The summed E-state index contributed by atoms with van der Waals surface area (Å²) in [5.41, 5.74) is 4.72. The number of aromatic amines is 1. The van der Waals surface area contributed by atoms with Gasteiger partial charge in [0.2, 0.25) is 0 Å². The van der Waals surface area contributed by atoms with E-state index in [0.717, 1.165) is 40.4 Å². The van der Waals surface area contributed by atoms with Gasteiger partial charge in [-0.2, -0.15) is 0 Å². The van der Waals surface area contributed by atoms with Crippen LogP contribution in [0, 0.1) is 5.41 Å². The van der Waals surface area contributed by atoms with Crippen molar-refractivity contribution in [1.29, 1.82) is 0 Å². The molecule has 25 heavy (non-hydrogen) atoms. The summed E-state index contributed by atoms with van der Waals surface area (Å²) in [4.78, 5) is 21.4. The molecule has 2 aromatic rings. The van der Waals surface area contributed by atoms with Gasteiger partial charge in [0.05, 0.1) is 18.5 Å². The summed E-state index contributed by atoms with van der Waals surface area (Å²) in [6, 6.07) is 9.74. The lowest BCUT2D eigenvalue weighted by Gasteiger charge is -2.27. The van der Waals surface area contributed by atoms with E-state index in [2.05, 4.69) is 24.0 Å². The summed E-state index contributed by atoms with van der Waals surface area (Å²) < 4.78 is 5.19. The second-order valence-electron chi connectivity index (χ2n) is 7.62. The Morgan fingerprint density at radius 1 is 1.24 bits per heavy atom. The van der Waals surface area contributed by atoms with E-state index in [-0.39, 0.29) is 17.3 Å². The van der Waals surface area contributed by atoms with Gasteiger partial charge in [0.15, 0.2) is 11.9 Å². The van der Waals surface area contributed by atoms with Gasteiger partial charge in [0.25, 0.3) is 0 Å². The van der Waals surface area contributed by atoms with Crippen LogP contribution in [0.15, 0.2) is 35.5 Å². The fourth-order valence-corrected chi connectivity index (χ4v) is 3.65. The topological polar surface area (TPSA) is 63.7 Å². The molecule has 5 nitrogen and oxygen atoms in total. The number of carbonyl (C=O) groups is 1. The molecular formula is C20H22N2O3. The molecule has 0 saturated heterocycles. The third kappa shape index (κ3) is 2.95. The first kappa shape index (κ1) is 15.9. The molecule has 1 aromatic carbocycles. The molecular weight excluding hydrogens is 316 g/mol. The number of rotatable bonds is 3. The van der Waals surface area contributed by atoms with Gasteiger partial charge in [-0.05, 0) is 47.7 Å². The van der Waals surface area contributed by atoms with Crippen LogP contribution in [0.4, 0.5) is 0 Å². The van der Waals surface area contributed by atoms with Gasteiger partial charge in [0.1, 0.15) is 5.75 Å². The number of oxime groups is 1. The van der Waals surface area contributed by atoms with Crippen molar-refractivity contribution in [2.24, 2.45) is 10.6 Å². The molecule has 0 spiro atoms. The monoisotopic (exact) mass is 338 g/mol. The average molecular weight is 338 g/mol. The van der Waals surface area contributed by atoms with Crippen molar-refractivity contribution in [3.63, 3.8) is 0 Å². The molecule has 0 amide bonds. The van der Waals surface area contributed by atoms with E-state index in [1.807, 2.05) is 30.3 Å². The maximum absolute atomic E-state index is 12.4. The maximum Gasteiger partial charge on any atom is 0.172 e. The molecule has 0 bridgehead atoms. The molecule has 0 radical (unpaired) electrons. The largest absolute Gasteiger partial charge is 0.497 e. The van der Waals surface area contributed by atoms with Crippen LogP contribution in [0.2, 0.25) is 0 Å². The lowest BCUT2D eigenvalue weighted by molar-refractivity contribution is 0.0828. The van der Waals surface area contributed by atoms with Crippen LogP contribution in [0.1, 0.15) is 60.1 Å². The van der Waals surface area contributed by atoms with Crippen LogP contribution in [0.25, 0.3) is 0 Å². The van der Waals surface area contributed by atoms with Gasteiger partial charge in [-0.3, -0.25) is 4.79 Å². The number of Topliss-reactive ketones (excluding diaryl/α,β-unsaturated/α-hetero) is 1. The Kier molecular flexibility index (Phi) is 3.67. The first-order valence-electron chi connectivity index (χ1n) is 8.57. The molecule has 1 atom stereocenters. The number of carbonyl (C=O) groups excluding carboxylic acids is 1. The zero-order valence-electron chi connectivity index (χ0n) is 14.8. The van der Waals surface area contributed by atoms with E-state index in [1.54, 1.807) is 7.11 Å². The minimum absolute atomic E-state index is 0.00744. The Balaban J connectivity index is 1.53. The quantitative estimate of drug-likeness (QED) is 0.918. The lowest BCUT2D eigenvalue weighted by Crippen LogP contribution is -2.26. The van der Waals surface area contributed by atoms with Crippen molar-refractivity contribution in [3.8, 4) is 5.75 Å². The third-order valence-corrected chi connectivity index (χ3v) is 4.95. The van der Waals surface area contributed by atoms with E-state index in [9.17, 15) is 4.79 Å². The summed E-state index contributed by atoms with van der Waals surface area (Å²) in [6.45, 7) is 4.26. The zero-order chi connectivity index (χ0) is 17.6. The van der Waals surface area contributed by atoms with Crippen LogP contribution in [-0.4, -0.2) is 23.6 Å². The number of ketones is 1. The predicted octanol–water partition coefficient (Wildman–Crippen LogP) is 4.04. The average Bonchev–Trinajstić information content (AvgIpc) is 3.20. The molecule has 2 aliphatic rings. The predicted molar refractivity (Wildman–Crippen MR) is 95.2 cm³/mol. The van der Waals surface area contributed by atoms with Gasteiger partial charge < -0.3 is 14.6 Å². The van der Waals surface area contributed by atoms with Crippen molar-refractivity contribution in [2.45, 2.75) is 39.2 Å². The van der Waals surface area contributed by atoms with Crippen molar-refractivity contribution >= 4 is 11.5 Å². The van der Waals surface area contributed by atoms with Gasteiger partial charge in [0, 0.05) is 24.1 Å². The fourth-order valence-electron chi connectivity index (χ4n) is 3.65. The Morgan fingerprint density at radius 2 is 2.00 bits per heavy atom. The van der Waals surface area contributed by atoms with Gasteiger partial charge >= 0.3 is 0 Å². The van der Waals surface area contributed by atoms with Gasteiger partial charge in [-0.1, -0.05) is 19.0 Å². The second kappa shape index (κ2) is 5.76. The number of fused-ring (bicyclic) bond motifs is 1. The molecule has 5 heteroatoms. The molecule has 2 heterocycles. The molecule has 1 aromatic heterocycles. The van der Waals surface area contributed by atoms with E-state index in [1.165, 1.54) is 0 Å². The highest BCUT2D eigenvalue weighted by atomic mass is 16.6. The van der Waals surface area contributed by atoms with Crippen molar-refractivity contribution in [2.75, 3.05) is 7.11 Å². The Morgan fingerprint density at radius 3 is 2.72 bits per heavy atom.